The predicted octanol–water partition coefficient (Wildman–Crippen LogP) is 6.35. The van der Waals surface area contributed by atoms with E-state index in [-0.39, 0.29) is 5.91 Å². The highest BCUT2D eigenvalue weighted by molar-refractivity contribution is 5.93. The van der Waals surface area contributed by atoms with Crippen molar-refractivity contribution in [2.75, 3.05) is 7.11 Å². The van der Waals surface area contributed by atoms with Gasteiger partial charge in [0, 0.05) is 36.3 Å². The first-order chi connectivity index (χ1) is 18.1. The minimum atomic E-state index is -0.0110. The maximum absolute atomic E-state index is 11.8. The number of hydrogen-bond acceptors (Lipinski definition) is 5. The molecule has 184 valence electrons. The summed E-state index contributed by atoms with van der Waals surface area (Å²) in [7, 11) is 1.64. The summed E-state index contributed by atoms with van der Waals surface area (Å²) < 4.78 is 13.1. The third-order valence-corrected chi connectivity index (χ3v) is 5.88. The third-order valence-electron chi connectivity index (χ3n) is 5.88. The number of nitrogens with zero attached hydrogens (tertiary/aromatic N) is 3. The van der Waals surface area contributed by atoms with Crippen LogP contribution in [0.4, 0.5) is 0 Å². The summed E-state index contributed by atoms with van der Waals surface area (Å²) >= 11 is 0. The Labute approximate surface area is 214 Å². The van der Waals surface area contributed by atoms with Gasteiger partial charge in [-0.3, -0.25) is 19.4 Å². The molecule has 5 aromatic rings. The van der Waals surface area contributed by atoms with Gasteiger partial charge in [-0.25, -0.2) is 0 Å². The second-order valence-electron chi connectivity index (χ2n) is 8.45. The number of ether oxygens (including phenoxy) is 2. The number of aromatic amines is 1. The van der Waals surface area contributed by atoms with Crippen LogP contribution in [0.3, 0.4) is 0 Å². The van der Waals surface area contributed by atoms with E-state index in [1.165, 1.54) is 0 Å². The van der Waals surface area contributed by atoms with Gasteiger partial charge in [0.2, 0.25) is 5.91 Å². The van der Waals surface area contributed by atoms with Crippen LogP contribution in [0.25, 0.3) is 35.2 Å². The quantitative estimate of drug-likeness (QED) is 0.274. The second kappa shape index (κ2) is 10.8. The first-order valence-corrected chi connectivity index (χ1v) is 11.8. The zero-order valence-electron chi connectivity index (χ0n) is 20.6. The van der Waals surface area contributed by atoms with Crippen molar-refractivity contribution in [3.05, 3.63) is 107 Å². The molecule has 0 atom stereocenters. The van der Waals surface area contributed by atoms with Crippen LogP contribution in [0.15, 0.2) is 79.1 Å². The highest BCUT2D eigenvalue weighted by atomic mass is 16.5. The number of H-pyrrole nitrogens is 1. The minimum absolute atomic E-state index is 0.0110. The zero-order chi connectivity index (χ0) is 25.6. The van der Waals surface area contributed by atoms with Gasteiger partial charge in [-0.05, 0) is 66.3 Å². The van der Waals surface area contributed by atoms with Crippen LogP contribution in [-0.2, 0) is 6.61 Å². The second-order valence-corrected chi connectivity index (χ2v) is 8.45. The number of nitrogens with one attached hydrogen (secondary N) is 1. The summed E-state index contributed by atoms with van der Waals surface area (Å²) in [5.41, 5.74) is 5.32. The molecule has 0 aliphatic heterocycles. The molecule has 0 aliphatic rings. The van der Waals surface area contributed by atoms with E-state index in [0.717, 1.165) is 39.1 Å². The number of benzene rings is 2. The Kier molecular flexibility index (Phi) is 6.94. The molecular weight excluding hydrogens is 464 g/mol. The summed E-state index contributed by atoms with van der Waals surface area (Å²) in [4.78, 5) is 16.1. The van der Waals surface area contributed by atoms with E-state index in [9.17, 15) is 4.79 Å². The number of fused-ring (bicyclic) bond motifs is 1. The van der Waals surface area contributed by atoms with E-state index >= 15 is 0 Å². The molecular formula is C30H26N4O3. The third kappa shape index (κ3) is 5.67. The molecule has 0 radical (unpaired) electrons. The van der Waals surface area contributed by atoms with Gasteiger partial charge in [-0.2, -0.15) is 5.10 Å². The van der Waals surface area contributed by atoms with Gasteiger partial charge in [-0.15, -0.1) is 0 Å². The van der Waals surface area contributed by atoms with Crippen LogP contribution in [0, 0.1) is 0 Å². The number of hydrogen-bond donors (Lipinski definition) is 1. The van der Waals surface area contributed by atoms with Gasteiger partial charge >= 0.3 is 0 Å². The maximum Gasteiger partial charge on any atom is 0.227 e. The molecule has 5 rings (SSSR count). The number of rotatable bonds is 8. The zero-order valence-corrected chi connectivity index (χ0v) is 20.6. The molecule has 0 aliphatic carbocycles. The fraction of sp³-hybridized carbons (Fsp3) is 0.100. The van der Waals surface area contributed by atoms with Crippen LogP contribution in [0.2, 0.25) is 0 Å². The summed E-state index contributed by atoms with van der Waals surface area (Å²) in [6.45, 7) is 1.95. The molecule has 2 aromatic carbocycles. The van der Waals surface area contributed by atoms with Crippen molar-refractivity contribution in [2.24, 2.45) is 0 Å². The van der Waals surface area contributed by atoms with E-state index in [4.69, 9.17) is 9.47 Å². The van der Waals surface area contributed by atoms with Crippen molar-refractivity contribution in [1.29, 1.82) is 0 Å². The largest absolute Gasteiger partial charge is 0.496 e. The Hall–Kier alpha value is -4.91. The molecule has 37 heavy (non-hydrogen) atoms. The number of carbonyl (C=O) groups is 1. The van der Waals surface area contributed by atoms with Crippen LogP contribution >= 0.6 is 0 Å². The number of aromatic nitrogens is 4. The lowest BCUT2D eigenvalue weighted by atomic mass is 10.1. The first-order valence-electron chi connectivity index (χ1n) is 11.8. The molecule has 3 heterocycles. The summed E-state index contributed by atoms with van der Waals surface area (Å²) in [5.74, 6) is 1.41. The highest BCUT2D eigenvalue weighted by Gasteiger charge is 2.06. The van der Waals surface area contributed by atoms with Gasteiger partial charge in [0.15, 0.2) is 0 Å². The smallest absolute Gasteiger partial charge is 0.227 e. The molecule has 7 nitrogen and oxygen atoms in total. The molecule has 0 fully saturated rings. The van der Waals surface area contributed by atoms with Crippen LogP contribution < -0.4 is 9.47 Å². The van der Waals surface area contributed by atoms with Crippen LogP contribution in [0.5, 0.6) is 11.5 Å². The Morgan fingerprint density at radius 1 is 1.00 bits per heavy atom. The molecule has 7 heteroatoms. The molecule has 0 bridgehead atoms. The topological polar surface area (TPSA) is 82.0 Å². The van der Waals surface area contributed by atoms with Gasteiger partial charge in [0.25, 0.3) is 0 Å². The highest BCUT2D eigenvalue weighted by Crippen LogP contribution is 2.27. The van der Waals surface area contributed by atoms with Crippen molar-refractivity contribution in [1.82, 2.24) is 19.7 Å². The summed E-state index contributed by atoms with van der Waals surface area (Å²) in [6.07, 6.45) is 11.4. The lowest BCUT2D eigenvalue weighted by Gasteiger charge is -2.09. The number of pyridine rings is 1. The molecule has 0 amide bonds. The molecule has 3 aromatic heterocycles. The first kappa shape index (κ1) is 23.8. The van der Waals surface area contributed by atoms with E-state index in [0.29, 0.717) is 18.1 Å². The van der Waals surface area contributed by atoms with Crippen molar-refractivity contribution in [2.45, 2.75) is 13.5 Å². The molecule has 0 saturated heterocycles. The Bertz CT molecular complexity index is 1600. The van der Waals surface area contributed by atoms with E-state index in [1.807, 2.05) is 91.0 Å². The normalized spacial score (nSPS) is 11.5. The van der Waals surface area contributed by atoms with Gasteiger partial charge in [0.1, 0.15) is 18.1 Å². The summed E-state index contributed by atoms with van der Waals surface area (Å²) in [5, 5.41) is 8.44. The lowest BCUT2D eigenvalue weighted by molar-refractivity contribution is 0.0941. The van der Waals surface area contributed by atoms with Crippen molar-refractivity contribution in [3.8, 4) is 11.5 Å². The van der Waals surface area contributed by atoms with Crippen molar-refractivity contribution in [3.63, 3.8) is 0 Å². The predicted molar refractivity (Wildman–Crippen MR) is 146 cm³/mol. The van der Waals surface area contributed by atoms with Crippen molar-refractivity contribution >= 4 is 41.1 Å². The summed E-state index contributed by atoms with van der Waals surface area (Å²) in [6, 6.07) is 21.4. The van der Waals surface area contributed by atoms with Gasteiger partial charge in [-0.1, -0.05) is 24.3 Å². The molecule has 1 N–H and O–H groups in total. The standard InChI is InChI=1S/C30H26N4O3/c1-21(35)34-16-14-23-8-6-22(17-29(23)34)7-11-25-18-26(33-32-25)12-9-24-10-13-28(19-30(24)36-2)37-20-27-5-3-4-15-31-27/h3-19H,20H2,1-2H3,(H,32,33)/b11-7+,12-9+. The lowest BCUT2D eigenvalue weighted by Crippen LogP contribution is -2.02. The monoisotopic (exact) mass is 490 g/mol. The van der Waals surface area contributed by atoms with Gasteiger partial charge < -0.3 is 9.47 Å². The maximum atomic E-state index is 11.8. The van der Waals surface area contributed by atoms with Gasteiger partial charge in [0.05, 0.1) is 29.7 Å². The fourth-order valence-corrected chi connectivity index (χ4v) is 3.97. The number of methoxy groups -OCH3 is 1. The molecule has 0 spiro atoms. The van der Waals surface area contributed by atoms with Crippen LogP contribution in [-0.4, -0.2) is 32.8 Å². The Morgan fingerprint density at radius 2 is 1.92 bits per heavy atom. The van der Waals surface area contributed by atoms with E-state index in [2.05, 4.69) is 15.2 Å². The van der Waals surface area contributed by atoms with E-state index in [1.54, 1.807) is 31.0 Å². The average molecular weight is 491 g/mol. The SMILES string of the molecule is COc1cc(OCc2ccccn2)ccc1/C=C/c1cc(/C=C/c2ccc3ccn(C(C)=O)c3c2)n[nH]1. The Morgan fingerprint density at radius 3 is 2.73 bits per heavy atom. The number of carbonyl (C=O) groups excluding carboxylic acids is 1. The average Bonchev–Trinajstić information content (AvgIpc) is 3.57. The van der Waals surface area contributed by atoms with E-state index < -0.39 is 0 Å². The Balaban J connectivity index is 1.26. The fourth-order valence-electron chi connectivity index (χ4n) is 3.97. The molecule has 0 saturated carbocycles. The van der Waals surface area contributed by atoms with Crippen molar-refractivity contribution < 1.29 is 14.3 Å². The van der Waals surface area contributed by atoms with Crippen LogP contribution in [0.1, 0.15) is 39.9 Å². The minimum Gasteiger partial charge on any atom is -0.496 e. The molecule has 0 unspecified atom stereocenters.